The van der Waals surface area contributed by atoms with Crippen LogP contribution in [0.3, 0.4) is 0 Å². The van der Waals surface area contributed by atoms with Gasteiger partial charge in [0.05, 0.1) is 5.69 Å². The summed E-state index contributed by atoms with van der Waals surface area (Å²) in [6.07, 6.45) is 0. The van der Waals surface area contributed by atoms with E-state index in [-0.39, 0.29) is 24.0 Å². The minimum Gasteiger partial charge on any atom is -0.482 e. The summed E-state index contributed by atoms with van der Waals surface area (Å²) in [5, 5.41) is 2.65. The molecule has 1 aliphatic heterocycles. The number of amides is 1. The van der Waals surface area contributed by atoms with Crippen molar-refractivity contribution in [2.24, 2.45) is 0 Å². The number of carbonyl (C=O) groups is 1. The first-order valence-corrected chi connectivity index (χ1v) is 9.37. The Balaban J connectivity index is 1.93. The van der Waals surface area contributed by atoms with Crippen LogP contribution in [0.1, 0.15) is 5.56 Å². The van der Waals surface area contributed by atoms with Gasteiger partial charge in [-0.25, -0.2) is 8.42 Å². The minimum absolute atomic E-state index is 0.0934. The van der Waals surface area contributed by atoms with Crippen LogP contribution in [0.4, 0.5) is 5.69 Å². The van der Waals surface area contributed by atoms with Gasteiger partial charge in [-0.2, -0.15) is 4.31 Å². The van der Waals surface area contributed by atoms with Gasteiger partial charge >= 0.3 is 0 Å². The van der Waals surface area contributed by atoms with E-state index < -0.39 is 10.0 Å². The second kappa shape index (κ2) is 6.54. The van der Waals surface area contributed by atoms with Crippen molar-refractivity contribution in [1.82, 2.24) is 4.31 Å². The van der Waals surface area contributed by atoms with Crippen LogP contribution in [0.25, 0.3) is 0 Å². The Hall–Kier alpha value is -1.90. The number of ether oxygens (including phenoxy) is 1. The predicted octanol–water partition coefficient (Wildman–Crippen LogP) is 2.60. The number of carbonyl (C=O) groups excluding carboxylic acids is 1. The highest BCUT2D eigenvalue weighted by molar-refractivity contribution is 9.10. The lowest BCUT2D eigenvalue weighted by Gasteiger charge is -2.22. The lowest BCUT2D eigenvalue weighted by atomic mass is 10.2. The average molecular weight is 411 g/mol. The van der Waals surface area contributed by atoms with Crippen molar-refractivity contribution in [1.29, 1.82) is 0 Å². The first kappa shape index (κ1) is 16.9. The second-order valence-electron chi connectivity index (χ2n) is 5.36. The van der Waals surface area contributed by atoms with E-state index in [4.69, 9.17) is 4.74 Å². The molecule has 8 heteroatoms. The van der Waals surface area contributed by atoms with Crippen molar-refractivity contribution in [2.75, 3.05) is 19.0 Å². The lowest BCUT2D eigenvalue weighted by molar-refractivity contribution is -0.118. The van der Waals surface area contributed by atoms with Gasteiger partial charge in [0.25, 0.3) is 5.91 Å². The Morgan fingerprint density at radius 3 is 2.67 bits per heavy atom. The number of benzene rings is 2. The van der Waals surface area contributed by atoms with E-state index in [0.29, 0.717) is 15.9 Å². The third-order valence-corrected chi connectivity index (χ3v) is 6.37. The highest BCUT2D eigenvalue weighted by Gasteiger charge is 2.27. The number of nitrogens with zero attached hydrogens (tertiary/aromatic N) is 1. The van der Waals surface area contributed by atoms with Gasteiger partial charge in [-0.3, -0.25) is 4.79 Å². The Morgan fingerprint density at radius 2 is 1.96 bits per heavy atom. The van der Waals surface area contributed by atoms with Crippen molar-refractivity contribution < 1.29 is 17.9 Å². The zero-order valence-electron chi connectivity index (χ0n) is 12.8. The molecule has 0 fully saturated rings. The molecule has 126 valence electrons. The zero-order valence-corrected chi connectivity index (χ0v) is 15.2. The lowest BCUT2D eigenvalue weighted by Crippen LogP contribution is -2.28. The molecule has 3 rings (SSSR count). The summed E-state index contributed by atoms with van der Waals surface area (Å²) in [6, 6.07) is 12.3. The monoisotopic (exact) mass is 410 g/mol. The largest absolute Gasteiger partial charge is 0.482 e. The average Bonchev–Trinajstić information content (AvgIpc) is 2.54. The fraction of sp³-hybridized carbons (Fsp3) is 0.188. The summed E-state index contributed by atoms with van der Waals surface area (Å²) in [7, 11) is -2.20. The van der Waals surface area contributed by atoms with Gasteiger partial charge < -0.3 is 10.1 Å². The van der Waals surface area contributed by atoms with Crippen molar-refractivity contribution in [3.05, 3.63) is 52.5 Å². The third-order valence-electron chi connectivity index (χ3n) is 3.60. The Kier molecular flexibility index (Phi) is 4.62. The summed E-state index contributed by atoms with van der Waals surface area (Å²) in [6.45, 7) is 0.123. The summed E-state index contributed by atoms with van der Waals surface area (Å²) >= 11 is 3.27. The smallest absolute Gasteiger partial charge is 0.262 e. The molecule has 0 aromatic heterocycles. The number of anilines is 1. The molecule has 6 nitrogen and oxygen atoms in total. The Bertz CT molecular complexity index is 884. The SMILES string of the molecule is CN(Cc1ccccc1)S(=O)(=O)c1cc2c(cc1Br)NC(=O)CO2. The fourth-order valence-corrected chi connectivity index (χ4v) is 4.55. The molecule has 2 aromatic carbocycles. The molecular formula is C16H15BrN2O4S. The van der Waals surface area contributed by atoms with Crippen molar-refractivity contribution in [2.45, 2.75) is 11.4 Å². The van der Waals surface area contributed by atoms with E-state index >= 15 is 0 Å². The predicted molar refractivity (Wildman–Crippen MR) is 93.4 cm³/mol. The second-order valence-corrected chi connectivity index (χ2v) is 8.23. The van der Waals surface area contributed by atoms with E-state index in [1.165, 1.54) is 23.5 Å². The van der Waals surface area contributed by atoms with E-state index in [0.717, 1.165) is 5.56 Å². The quantitative estimate of drug-likeness (QED) is 0.840. The molecule has 0 radical (unpaired) electrons. The molecule has 0 aliphatic carbocycles. The maximum atomic E-state index is 12.9. The summed E-state index contributed by atoms with van der Waals surface area (Å²) in [5.41, 5.74) is 1.34. The molecule has 0 bridgehead atoms. The van der Waals surface area contributed by atoms with Crippen molar-refractivity contribution in [3.8, 4) is 5.75 Å². The number of fused-ring (bicyclic) bond motifs is 1. The van der Waals surface area contributed by atoms with Crippen LogP contribution < -0.4 is 10.1 Å². The zero-order chi connectivity index (χ0) is 17.3. The molecule has 2 aromatic rings. The summed E-state index contributed by atoms with van der Waals surface area (Å²) in [5.74, 6) is 0.0655. The van der Waals surface area contributed by atoms with Crippen molar-refractivity contribution in [3.63, 3.8) is 0 Å². The number of hydrogen-bond acceptors (Lipinski definition) is 4. The van der Waals surface area contributed by atoms with Crippen LogP contribution in [-0.2, 0) is 21.4 Å². The van der Waals surface area contributed by atoms with E-state index in [1.54, 1.807) is 0 Å². The van der Waals surface area contributed by atoms with Crippen LogP contribution in [0, 0.1) is 0 Å². The van der Waals surface area contributed by atoms with Crippen LogP contribution in [0.15, 0.2) is 51.8 Å². The number of halogens is 1. The summed E-state index contributed by atoms with van der Waals surface area (Å²) in [4.78, 5) is 11.4. The molecule has 0 spiro atoms. The van der Waals surface area contributed by atoms with Crippen molar-refractivity contribution >= 4 is 37.5 Å². The van der Waals surface area contributed by atoms with Gasteiger partial charge in [0.2, 0.25) is 10.0 Å². The molecule has 0 atom stereocenters. The van der Waals surface area contributed by atoms with Gasteiger partial charge in [0.15, 0.2) is 6.61 Å². The molecule has 1 aliphatic rings. The molecule has 1 amide bonds. The van der Waals surface area contributed by atoms with Crippen LogP contribution in [-0.4, -0.2) is 32.3 Å². The van der Waals surface area contributed by atoms with Gasteiger partial charge in [-0.05, 0) is 27.6 Å². The third kappa shape index (κ3) is 3.31. The normalized spacial score (nSPS) is 14.0. The number of sulfonamides is 1. The standard InChI is InChI=1S/C16H15BrN2O4S/c1-19(9-11-5-3-2-4-6-11)24(21,22)15-8-14-13(7-12(15)17)18-16(20)10-23-14/h2-8H,9-10H2,1H3,(H,18,20). The molecule has 1 N–H and O–H groups in total. The maximum Gasteiger partial charge on any atom is 0.262 e. The first-order chi connectivity index (χ1) is 11.4. The van der Waals surface area contributed by atoms with Gasteiger partial charge in [-0.15, -0.1) is 0 Å². The highest BCUT2D eigenvalue weighted by atomic mass is 79.9. The first-order valence-electron chi connectivity index (χ1n) is 7.14. The Morgan fingerprint density at radius 1 is 1.25 bits per heavy atom. The maximum absolute atomic E-state index is 12.9. The van der Waals surface area contributed by atoms with Gasteiger partial charge in [-0.1, -0.05) is 30.3 Å². The van der Waals surface area contributed by atoms with Gasteiger partial charge in [0.1, 0.15) is 10.6 Å². The van der Waals surface area contributed by atoms with Gasteiger partial charge in [0, 0.05) is 24.1 Å². The van der Waals surface area contributed by atoms with E-state index in [9.17, 15) is 13.2 Å². The number of rotatable bonds is 4. The molecule has 1 heterocycles. The minimum atomic E-state index is -3.72. The molecule has 0 saturated heterocycles. The molecule has 0 saturated carbocycles. The number of hydrogen-bond donors (Lipinski definition) is 1. The highest BCUT2D eigenvalue weighted by Crippen LogP contribution is 2.36. The van der Waals surface area contributed by atoms with E-state index in [2.05, 4.69) is 21.2 Å². The number of nitrogens with one attached hydrogen (secondary N) is 1. The molecular weight excluding hydrogens is 396 g/mol. The van der Waals surface area contributed by atoms with E-state index in [1.807, 2.05) is 30.3 Å². The Labute approximate surface area is 148 Å². The fourth-order valence-electron chi connectivity index (χ4n) is 2.37. The topological polar surface area (TPSA) is 75.7 Å². The molecule has 24 heavy (non-hydrogen) atoms. The van der Waals surface area contributed by atoms with Crippen LogP contribution in [0.5, 0.6) is 5.75 Å². The van der Waals surface area contributed by atoms with Crippen LogP contribution >= 0.6 is 15.9 Å². The molecule has 0 unspecified atom stereocenters. The van der Waals surface area contributed by atoms with Crippen LogP contribution in [0.2, 0.25) is 0 Å². The summed E-state index contributed by atoms with van der Waals surface area (Å²) < 4.78 is 32.7.